The van der Waals surface area contributed by atoms with Crippen molar-refractivity contribution < 1.29 is 4.74 Å². The second kappa shape index (κ2) is 9.48. The molecule has 0 unspecified atom stereocenters. The summed E-state index contributed by atoms with van der Waals surface area (Å²) in [5.41, 5.74) is 1.05. The Hall–Kier alpha value is -1.42. The van der Waals surface area contributed by atoms with Gasteiger partial charge < -0.3 is 15.4 Å². The molecule has 0 fully saturated rings. The molecule has 0 spiro atoms. The Kier molecular flexibility index (Phi) is 7.88. The van der Waals surface area contributed by atoms with Crippen LogP contribution < -0.4 is 15.4 Å². The molecule has 0 saturated heterocycles. The highest BCUT2D eigenvalue weighted by atomic mass is 35.5. The van der Waals surface area contributed by atoms with Crippen molar-refractivity contribution in [3.8, 4) is 5.75 Å². The van der Waals surface area contributed by atoms with E-state index in [0.29, 0.717) is 11.6 Å². The van der Waals surface area contributed by atoms with Gasteiger partial charge in [0.25, 0.3) is 0 Å². The predicted octanol–water partition coefficient (Wildman–Crippen LogP) is 3.20. The Bertz CT molecular complexity index is 435. The van der Waals surface area contributed by atoms with Crippen LogP contribution in [0.3, 0.4) is 0 Å². The molecule has 0 atom stereocenters. The number of guanidine groups is 1. The maximum atomic E-state index is 5.95. The molecular weight excluding hydrogens is 274 g/mol. The van der Waals surface area contributed by atoms with Crippen molar-refractivity contribution in [1.29, 1.82) is 0 Å². The minimum absolute atomic E-state index is 0.647. The van der Waals surface area contributed by atoms with Crippen molar-refractivity contribution in [1.82, 2.24) is 10.6 Å². The van der Waals surface area contributed by atoms with Crippen molar-refractivity contribution in [2.45, 2.75) is 32.7 Å². The van der Waals surface area contributed by atoms with E-state index >= 15 is 0 Å². The lowest BCUT2D eigenvalue weighted by Crippen LogP contribution is -2.37. The van der Waals surface area contributed by atoms with E-state index in [4.69, 9.17) is 16.3 Å². The number of unbranched alkanes of at least 4 members (excludes halogenated alkanes) is 2. The third-order valence-electron chi connectivity index (χ3n) is 2.99. The van der Waals surface area contributed by atoms with Crippen LogP contribution in [0.1, 0.15) is 31.7 Å². The fourth-order valence-corrected chi connectivity index (χ4v) is 2.01. The highest BCUT2D eigenvalue weighted by molar-refractivity contribution is 6.30. The van der Waals surface area contributed by atoms with Crippen LogP contribution in [0, 0.1) is 0 Å². The summed E-state index contributed by atoms with van der Waals surface area (Å²) in [6.07, 6.45) is 3.60. The fourth-order valence-electron chi connectivity index (χ4n) is 1.85. The molecule has 1 rings (SSSR count). The molecule has 5 heteroatoms. The number of aliphatic imine (C=N–C) groups is 1. The molecule has 0 amide bonds. The number of hydrogen-bond donors (Lipinski definition) is 2. The number of benzene rings is 1. The minimum atomic E-state index is 0.647. The molecule has 1 aromatic rings. The number of ether oxygens (including phenoxy) is 1. The summed E-state index contributed by atoms with van der Waals surface area (Å²) in [5, 5.41) is 7.24. The zero-order valence-electron chi connectivity index (χ0n) is 12.5. The van der Waals surface area contributed by atoms with E-state index in [1.807, 2.05) is 18.2 Å². The number of nitrogens with one attached hydrogen (secondary N) is 2. The van der Waals surface area contributed by atoms with Gasteiger partial charge in [0.1, 0.15) is 5.75 Å². The van der Waals surface area contributed by atoms with E-state index in [-0.39, 0.29) is 0 Å². The van der Waals surface area contributed by atoms with Gasteiger partial charge in [-0.05, 0) is 18.6 Å². The van der Waals surface area contributed by atoms with Crippen LogP contribution >= 0.6 is 11.6 Å². The molecule has 0 bridgehead atoms. The molecule has 2 N–H and O–H groups in total. The van der Waals surface area contributed by atoms with Gasteiger partial charge in [-0.15, -0.1) is 0 Å². The summed E-state index contributed by atoms with van der Waals surface area (Å²) in [5.74, 6) is 1.59. The van der Waals surface area contributed by atoms with Gasteiger partial charge in [-0.2, -0.15) is 0 Å². The zero-order chi connectivity index (χ0) is 14.8. The lowest BCUT2D eigenvalue weighted by Gasteiger charge is -2.13. The Morgan fingerprint density at radius 1 is 1.30 bits per heavy atom. The number of halogens is 1. The summed E-state index contributed by atoms with van der Waals surface area (Å²) in [4.78, 5) is 4.20. The van der Waals surface area contributed by atoms with Gasteiger partial charge in [0.2, 0.25) is 0 Å². The lowest BCUT2D eigenvalue weighted by molar-refractivity contribution is 0.409. The lowest BCUT2D eigenvalue weighted by atomic mass is 10.2. The maximum Gasteiger partial charge on any atom is 0.191 e. The van der Waals surface area contributed by atoms with E-state index in [2.05, 4.69) is 22.5 Å². The minimum Gasteiger partial charge on any atom is -0.496 e. The van der Waals surface area contributed by atoms with Crippen molar-refractivity contribution in [2.75, 3.05) is 20.7 Å². The van der Waals surface area contributed by atoms with Crippen molar-refractivity contribution in [3.63, 3.8) is 0 Å². The zero-order valence-corrected chi connectivity index (χ0v) is 13.3. The van der Waals surface area contributed by atoms with Gasteiger partial charge in [0, 0.05) is 30.7 Å². The number of nitrogens with zero attached hydrogens (tertiary/aromatic N) is 1. The average molecular weight is 298 g/mol. The quantitative estimate of drug-likeness (QED) is 0.461. The van der Waals surface area contributed by atoms with E-state index in [1.165, 1.54) is 12.8 Å². The number of hydrogen-bond acceptors (Lipinski definition) is 2. The third kappa shape index (κ3) is 5.70. The first kappa shape index (κ1) is 16.6. The summed E-state index contributed by atoms with van der Waals surface area (Å²) in [6.45, 7) is 3.78. The molecular formula is C15H24ClN3O. The first-order valence-electron chi connectivity index (χ1n) is 6.98. The van der Waals surface area contributed by atoms with Crippen LogP contribution in [0.15, 0.2) is 23.2 Å². The largest absolute Gasteiger partial charge is 0.496 e. The Labute approximate surface area is 126 Å². The molecule has 0 aromatic heterocycles. The smallest absolute Gasteiger partial charge is 0.191 e. The second-order valence-corrected chi connectivity index (χ2v) is 4.95. The van der Waals surface area contributed by atoms with Crippen LogP contribution in [-0.4, -0.2) is 26.7 Å². The summed E-state index contributed by atoms with van der Waals surface area (Å²) in [6, 6.07) is 5.63. The van der Waals surface area contributed by atoms with Gasteiger partial charge in [-0.25, -0.2) is 0 Å². The summed E-state index contributed by atoms with van der Waals surface area (Å²) < 4.78 is 5.32. The van der Waals surface area contributed by atoms with Crippen molar-refractivity contribution >= 4 is 17.6 Å². The molecule has 0 saturated carbocycles. The van der Waals surface area contributed by atoms with Gasteiger partial charge in [-0.3, -0.25) is 4.99 Å². The highest BCUT2D eigenvalue weighted by Crippen LogP contribution is 2.22. The third-order valence-corrected chi connectivity index (χ3v) is 3.23. The Morgan fingerprint density at radius 3 is 2.75 bits per heavy atom. The fraction of sp³-hybridized carbons (Fsp3) is 0.533. The molecule has 20 heavy (non-hydrogen) atoms. The van der Waals surface area contributed by atoms with Gasteiger partial charge in [0.05, 0.1) is 7.11 Å². The van der Waals surface area contributed by atoms with Crippen LogP contribution in [0.2, 0.25) is 5.02 Å². The molecule has 0 aliphatic carbocycles. The summed E-state index contributed by atoms with van der Waals surface area (Å²) in [7, 11) is 3.42. The highest BCUT2D eigenvalue weighted by Gasteiger charge is 2.05. The standard InChI is InChI=1S/C15H24ClN3O/c1-4-5-6-9-18-15(17-2)19-11-12-7-8-13(16)10-14(12)20-3/h7-8,10H,4-6,9,11H2,1-3H3,(H2,17,18,19). The van der Waals surface area contributed by atoms with Crippen LogP contribution in [0.5, 0.6) is 5.75 Å². The first-order valence-corrected chi connectivity index (χ1v) is 7.36. The molecule has 0 heterocycles. The first-order chi connectivity index (χ1) is 9.71. The predicted molar refractivity (Wildman–Crippen MR) is 85.7 cm³/mol. The Morgan fingerprint density at radius 2 is 2.10 bits per heavy atom. The van der Waals surface area contributed by atoms with E-state index < -0.39 is 0 Å². The average Bonchev–Trinajstić information content (AvgIpc) is 2.47. The molecule has 4 nitrogen and oxygen atoms in total. The second-order valence-electron chi connectivity index (χ2n) is 4.52. The monoisotopic (exact) mass is 297 g/mol. The van der Waals surface area contributed by atoms with E-state index in [0.717, 1.165) is 30.2 Å². The topological polar surface area (TPSA) is 45.7 Å². The molecule has 1 aromatic carbocycles. The normalized spacial score (nSPS) is 11.3. The maximum absolute atomic E-state index is 5.95. The van der Waals surface area contributed by atoms with Gasteiger partial charge in [0.15, 0.2) is 5.96 Å². The van der Waals surface area contributed by atoms with Gasteiger partial charge in [-0.1, -0.05) is 37.4 Å². The van der Waals surface area contributed by atoms with Crippen LogP contribution in [-0.2, 0) is 6.54 Å². The Balaban J connectivity index is 2.48. The van der Waals surface area contributed by atoms with Crippen molar-refractivity contribution in [3.05, 3.63) is 28.8 Å². The van der Waals surface area contributed by atoms with Gasteiger partial charge >= 0.3 is 0 Å². The molecule has 0 aliphatic rings. The molecule has 0 radical (unpaired) electrons. The molecule has 112 valence electrons. The SMILES string of the molecule is CCCCCNC(=NC)NCc1ccc(Cl)cc1OC. The molecule has 0 aliphatic heterocycles. The summed E-state index contributed by atoms with van der Waals surface area (Å²) >= 11 is 5.95. The number of methoxy groups -OCH3 is 1. The number of rotatable bonds is 7. The van der Waals surface area contributed by atoms with E-state index in [9.17, 15) is 0 Å². The van der Waals surface area contributed by atoms with Crippen molar-refractivity contribution in [2.24, 2.45) is 4.99 Å². The van der Waals surface area contributed by atoms with Crippen LogP contribution in [0.25, 0.3) is 0 Å². The van der Waals surface area contributed by atoms with Crippen LogP contribution in [0.4, 0.5) is 0 Å². The van der Waals surface area contributed by atoms with E-state index in [1.54, 1.807) is 14.2 Å².